The molecule has 4 N–H and O–H groups in total. The average Bonchev–Trinajstić information content (AvgIpc) is 3.12. The Kier molecular flexibility index (Phi) is 35.3. The Balaban J connectivity index is 2.59. The van der Waals surface area contributed by atoms with Gasteiger partial charge in [-0.1, -0.05) is 225 Å². The molecule has 0 aromatic carbocycles. The van der Waals surface area contributed by atoms with Crippen molar-refractivity contribution in [1.29, 1.82) is 0 Å². The summed E-state index contributed by atoms with van der Waals surface area (Å²) in [7, 11) is 0. The third-order valence-corrected chi connectivity index (χ3v) is 13.3. The van der Waals surface area contributed by atoms with Gasteiger partial charge in [-0.3, -0.25) is 0 Å². The maximum absolute atomic E-state index is 10.3. The zero-order chi connectivity index (χ0) is 36.8. The lowest BCUT2D eigenvalue weighted by molar-refractivity contribution is -0.0601. The molecule has 0 amide bonds. The van der Waals surface area contributed by atoms with Crippen molar-refractivity contribution in [3.8, 4) is 0 Å². The van der Waals surface area contributed by atoms with Gasteiger partial charge in [-0.2, -0.15) is 0 Å². The fraction of sp³-hybridized carbons (Fsp3) is 1.00. The highest BCUT2D eigenvalue weighted by Gasteiger charge is 2.48. The summed E-state index contributed by atoms with van der Waals surface area (Å²) in [5, 5.41) is 41.1. The van der Waals surface area contributed by atoms with Gasteiger partial charge < -0.3 is 20.4 Å². The molecule has 306 valence electrons. The van der Waals surface area contributed by atoms with E-state index >= 15 is 0 Å². The van der Waals surface area contributed by atoms with Crippen LogP contribution in [0.25, 0.3) is 0 Å². The monoisotopic (exact) mass is 723 g/mol. The third-order valence-electron chi connectivity index (χ3n) is 13.3. The molecule has 1 rings (SSSR count). The second-order valence-electron chi connectivity index (χ2n) is 17.3. The normalized spacial score (nSPS) is 23.3. The van der Waals surface area contributed by atoms with Gasteiger partial charge in [-0.15, -0.1) is 0 Å². The van der Waals surface area contributed by atoms with Gasteiger partial charge in [0.25, 0.3) is 0 Å². The molecule has 4 nitrogen and oxygen atoms in total. The summed E-state index contributed by atoms with van der Waals surface area (Å²) < 4.78 is 0. The van der Waals surface area contributed by atoms with Crippen molar-refractivity contribution in [3.63, 3.8) is 0 Å². The molecule has 0 spiro atoms. The number of rotatable bonds is 8. The molecule has 0 bridgehead atoms. The van der Waals surface area contributed by atoms with E-state index in [9.17, 15) is 20.4 Å². The smallest absolute Gasteiger partial charge is 0.0436 e. The molecule has 0 aromatic rings. The molecule has 1 aliphatic carbocycles. The van der Waals surface area contributed by atoms with Gasteiger partial charge in [-0.25, -0.2) is 0 Å². The Morgan fingerprint density at radius 2 is 0.314 bits per heavy atom. The lowest BCUT2D eigenvalue weighted by atomic mass is 9.53. The largest absolute Gasteiger partial charge is 0.396 e. The second-order valence-corrected chi connectivity index (χ2v) is 17.3. The molecule has 0 unspecified atom stereocenters. The predicted molar refractivity (Wildman–Crippen MR) is 223 cm³/mol. The first kappa shape index (κ1) is 48.9. The van der Waals surface area contributed by atoms with Gasteiger partial charge in [0.05, 0.1) is 0 Å². The quantitative estimate of drug-likeness (QED) is 0.201. The van der Waals surface area contributed by atoms with Crippen LogP contribution in [-0.4, -0.2) is 46.9 Å². The van der Waals surface area contributed by atoms with Crippen molar-refractivity contribution < 1.29 is 20.4 Å². The van der Waals surface area contributed by atoms with Crippen LogP contribution < -0.4 is 0 Å². The van der Waals surface area contributed by atoms with E-state index in [0.29, 0.717) is 25.7 Å². The second kappa shape index (κ2) is 36.8. The summed E-state index contributed by atoms with van der Waals surface area (Å²) in [6.45, 7) is 0.439. The van der Waals surface area contributed by atoms with Crippen LogP contribution in [0.5, 0.6) is 0 Å². The lowest BCUT2D eigenvalue weighted by Gasteiger charge is -2.52. The van der Waals surface area contributed by atoms with E-state index < -0.39 is 0 Å². The highest BCUT2D eigenvalue weighted by Crippen LogP contribution is 2.56. The van der Waals surface area contributed by atoms with E-state index in [2.05, 4.69) is 0 Å². The zero-order valence-electron chi connectivity index (χ0n) is 34.6. The van der Waals surface area contributed by atoms with Gasteiger partial charge in [0.1, 0.15) is 0 Å². The summed E-state index contributed by atoms with van der Waals surface area (Å²) in [5.74, 6) is 0. The lowest BCUT2D eigenvalue weighted by Crippen LogP contribution is -2.45. The Morgan fingerprint density at radius 3 is 0.431 bits per heavy atom. The molecular weight excluding hydrogens is 629 g/mol. The van der Waals surface area contributed by atoms with Crippen LogP contribution in [0.4, 0.5) is 0 Å². The first-order valence-corrected chi connectivity index (χ1v) is 23.6. The van der Waals surface area contributed by atoms with Crippen molar-refractivity contribution in [2.45, 2.75) is 263 Å². The standard InChI is InChI=1S/C47H94O4/c48-42-38-46(39-43-49)36-34-32-30-28-26-24-22-20-18-16-14-12-10-8-6-4-2-1-3-5-7-9-11-13-15-17-19-21-23-25-27-29-31-33-35-37-47(46,40-44-50)41-45-51/h48-51H,1-45H2. The molecule has 0 atom stereocenters. The van der Waals surface area contributed by atoms with E-state index in [0.717, 1.165) is 25.7 Å². The number of hydrogen-bond donors (Lipinski definition) is 4. The van der Waals surface area contributed by atoms with Crippen molar-refractivity contribution in [3.05, 3.63) is 0 Å². The SMILES string of the molecule is OCCC1(CCO)CCCCCCCCCCCCCCCCCCCCCCCCCCCCCCCCCCCCCC1(CCO)CCO. The summed E-state index contributed by atoms with van der Waals surface area (Å²) in [5.41, 5.74) is -0.453. The van der Waals surface area contributed by atoms with E-state index in [1.807, 2.05) is 0 Å². The molecule has 4 heteroatoms. The number of aliphatic hydroxyl groups is 4. The maximum Gasteiger partial charge on any atom is 0.0436 e. The van der Waals surface area contributed by atoms with Crippen molar-refractivity contribution in [2.75, 3.05) is 26.4 Å². The van der Waals surface area contributed by atoms with Crippen LogP contribution in [0.3, 0.4) is 0 Å². The van der Waals surface area contributed by atoms with Gasteiger partial charge >= 0.3 is 0 Å². The molecule has 0 heterocycles. The van der Waals surface area contributed by atoms with E-state index in [1.54, 1.807) is 0 Å². The van der Waals surface area contributed by atoms with Crippen molar-refractivity contribution >= 4 is 0 Å². The molecule has 51 heavy (non-hydrogen) atoms. The van der Waals surface area contributed by atoms with Gasteiger partial charge in [0.15, 0.2) is 0 Å². The fourth-order valence-electron chi connectivity index (χ4n) is 9.96. The van der Waals surface area contributed by atoms with Crippen LogP contribution in [0.2, 0.25) is 0 Å². The summed E-state index contributed by atoms with van der Waals surface area (Å²) >= 11 is 0. The maximum atomic E-state index is 10.3. The Morgan fingerprint density at radius 1 is 0.196 bits per heavy atom. The van der Waals surface area contributed by atoms with Crippen LogP contribution >= 0.6 is 0 Å². The van der Waals surface area contributed by atoms with Crippen LogP contribution in [-0.2, 0) is 0 Å². The first-order chi connectivity index (χ1) is 25.2. The average molecular weight is 723 g/mol. The molecule has 1 aliphatic rings. The first-order valence-electron chi connectivity index (χ1n) is 23.6. The van der Waals surface area contributed by atoms with E-state index in [-0.39, 0.29) is 37.3 Å². The van der Waals surface area contributed by atoms with Gasteiger partial charge in [0, 0.05) is 26.4 Å². The van der Waals surface area contributed by atoms with Gasteiger partial charge in [-0.05, 0) is 49.4 Å². The molecule has 1 fully saturated rings. The Hall–Kier alpha value is -0.160. The van der Waals surface area contributed by atoms with Crippen LogP contribution in [0.15, 0.2) is 0 Å². The Bertz CT molecular complexity index is 613. The zero-order valence-corrected chi connectivity index (χ0v) is 34.6. The molecule has 0 aromatic heterocycles. The molecule has 0 saturated heterocycles. The summed E-state index contributed by atoms with van der Waals surface area (Å²) in [6.07, 6.45) is 52.9. The van der Waals surface area contributed by atoms with Crippen molar-refractivity contribution in [1.82, 2.24) is 0 Å². The summed E-state index contributed by atoms with van der Waals surface area (Å²) in [6, 6.07) is 0. The topological polar surface area (TPSA) is 80.9 Å². The predicted octanol–water partition coefficient (Wildman–Crippen LogP) is 13.9. The minimum Gasteiger partial charge on any atom is -0.396 e. The number of aliphatic hydroxyl groups excluding tert-OH is 4. The molecular formula is C47H94O4. The van der Waals surface area contributed by atoms with Gasteiger partial charge in [0.2, 0.25) is 0 Å². The van der Waals surface area contributed by atoms with E-state index in [1.165, 1.54) is 212 Å². The Labute approximate surface area is 320 Å². The molecule has 1 saturated carbocycles. The highest BCUT2D eigenvalue weighted by molar-refractivity contribution is 4.98. The van der Waals surface area contributed by atoms with E-state index in [4.69, 9.17) is 0 Å². The molecule has 0 aliphatic heterocycles. The summed E-state index contributed by atoms with van der Waals surface area (Å²) in [4.78, 5) is 0. The minimum atomic E-state index is -0.227. The highest BCUT2D eigenvalue weighted by atomic mass is 16.3. The third kappa shape index (κ3) is 25.5. The van der Waals surface area contributed by atoms with Crippen LogP contribution in [0, 0.1) is 10.8 Å². The van der Waals surface area contributed by atoms with Crippen LogP contribution in [0.1, 0.15) is 263 Å². The molecule has 0 radical (unpaired) electrons. The fourth-order valence-corrected chi connectivity index (χ4v) is 9.96. The van der Waals surface area contributed by atoms with Crippen molar-refractivity contribution in [2.24, 2.45) is 10.8 Å². The number of hydrogen-bond acceptors (Lipinski definition) is 4. The minimum absolute atomic E-state index is 0.110.